The molecule has 0 saturated carbocycles. The lowest BCUT2D eigenvalue weighted by Crippen LogP contribution is -2.06. The lowest BCUT2D eigenvalue weighted by molar-refractivity contribution is 0.314. The Hall–Kier alpha value is -1.22. The molecule has 0 spiro atoms. The van der Waals surface area contributed by atoms with Crippen molar-refractivity contribution >= 4 is 0 Å². The second-order valence-corrected chi connectivity index (χ2v) is 4.04. The first-order chi connectivity index (χ1) is 7.10. The molecule has 0 N–H and O–H groups in total. The molecule has 1 fully saturated rings. The summed E-state index contributed by atoms with van der Waals surface area (Å²) in [4.78, 5) is 0. The van der Waals surface area contributed by atoms with Crippen molar-refractivity contribution in [2.45, 2.75) is 19.4 Å². The van der Waals surface area contributed by atoms with E-state index in [0.717, 1.165) is 29.2 Å². The van der Waals surface area contributed by atoms with Gasteiger partial charge in [0.1, 0.15) is 17.1 Å². The van der Waals surface area contributed by atoms with Gasteiger partial charge >= 0.3 is 0 Å². The number of aryl methyl sites for hydroxylation is 1. The van der Waals surface area contributed by atoms with Crippen molar-refractivity contribution in [3.05, 3.63) is 23.3 Å². The van der Waals surface area contributed by atoms with Gasteiger partial charge in [-0.3, -0.25) is 0 Å². The Morgan fingerprint density at radius 2 is 1.80 bits per heavy atom. The van der Waals surface area contributed by atoms with Gasteiger partial charge in [0.05, 0.1) is 20.8 Å². The Balaban J connectivity index is 2.51. The number of ether oxygens (including phenoxy) is 3. The van der Waals surface area contributed by atoms with Crippen molar-refractivity contribution < 1.29 is 14.2 Å². The summed E-state index contributed by atoms with van der Waals surface area (Å²) >= 11 is 0. The molecular formula is C12H16O3. The first-order valence-corrected chi connectivity index (χ1v) is 4.98. The average Bonchev–Trinajstić information content (AvgIpc) is 2.97. The van der Waals surface area contributed by atoms with E-state index in [1.807, 2.05) is 19.1 Å². The summed E-state index contributed by atoms with van der Waals surface area (Å²) in [6, 6.07) is 3.99. The summed E-state index contributed by atoms with van der Waals surface area (Å²) < 4.78 is 16.1. The normalized spacial score (nSPS) is 23.7. The van der Waals surface area contributed by atoms with Gasteiger partial charge in [0.2, 0.25) is 0 Å². The third kappa shape index (κ3) is 1.67. The van der Waals surface area contributed by atoms with E-state index in [4.69, 9.17) is 14.2 Å². The Labute approximate surface area is 90.0 Å². The third-order valence-corrected chi connectivity index (χ3v) is 2.86. The zero-order valence-electron chi connectivity index (χ0n) is 9.59. The number of methoxy groups -OCH3 is 2. The number of benzene rings is 1. The van der Waals surface area contributed by atoms with E-state index in [1.165, 1.54) is 0 Å². The maximum absolute atomic E-state index is 5.43. The molecule has 2 rings (SSSR count). The smallest absolute Gasteiger partial charge is 0.125 e. The Morgan fingerprint density at radius 3 is 2.27 bits per heavy atom. The van der Waals surface area contributed by atoms with Gasteiger partial charge in [-0.05, 0) is 31.5 Å². The van der Waals surface area contributed by atoms with E-state index < -0.39 is 0 Å². The quantitative estimate of drug-likeness (QED) is 0.714. The van der Waals surface area contributed by atoms with Gasteiger partial charge in [-0.1, -0.05) is 0 Å². The Morgan fingerprint density at radius 1 is 1.20 bits per heavy atom. The zero-order valence-corrected chi connectivity index (χ0v) is 9.59. The number of rotatable bonds is 3. The number of hydrogen-bond donors (Lipinski definition) is 0. The molecule has 1 saturated heterocycles. The maximum Gasteiger partial charge on any atom is 0.125 e. The highest BCUT2D eigenvalue weighted by atomic mass is 16.6. The lowest BCUT2D eigenvalue weighted by atomic mass is 9.99. The summed E-state index contributed by atoms with van der Waals surface area (Å²) in [6.45, 7) is 4.80. The average molecular weight is 208 g/mol. The second-order valence-electron chi connectivity index (χ2n) is 4.04. The van der Waals surface area contributed by atoms with Crippen LogP contribution in [0.15, 0.2) is 12.1 Å². The van der Waals surface area contributed by atoms with Crippen molar-refractivity contribution in [3.63, 3.8) is 0 Å². The molecule has 0 bridgehead atoms. The SMILES string of the molecule is COc1cc(C2(C)CO2)c(OC)cc1C. The molecule has 1 heterocycles. The molecule has 82 valence electrons. The summed E-state index contributed by atoms with van der Waals surface area (Å²) in [5.41, 5.74) is 1.95. The molecule has 1 unspecified atom stereocenters. The molecule has 3 nitrogen and oxygen atoms in total. The Bertz CT molecular complexity index is 381. The van der Waals surface area contributed by atoms with Crippen LogP contribution in [0, 0.1) is 6.92 Å². The fraction of sp³-hybridized carbons (Fsp3) is 0.500. The molecule has 1 aromatic carbocycles. The van der Waals surface area contributed by atoms with Crippen molar-refractivity contribution in [2.24, 2.45) is 0 Å². The minimum Gasteiger partial charge on any atom is -0.496 e. The van der Waals surface area contributed by atoms with E-state index >= 15 is 0 Å². The lowest BCUT2D eigenvalue weighted by Gasteiger charge is -2.15. The molecule has 1 aliphatic rings. The Kier molecular flexibility index (Phi) is 2.35. The second kappa shape index (κ2) is 3.42. The highest BCUT2D eigenvalue weighted by Gasteiger charge is 2.43. The number of epoxide rings is 1. The molecule has 3 heteroatoms. The molecule has 1 aliphatic heterocycles. The van der Waals surface area contributed by atoms with Gasteiger partial charge in [0, 0.05) is 5.56 Å². The van der Waals surface area contributed by atoms with Crippen LogP contribution in [0.4, 0.5) is 0 Å². The highest BCUT2D eigenvalue weighted by Crippen LogP contribution is 2.44. The monoisotopic (exact) mass is 208 g/mol. The maximum atomic E-state index is 5.43. The van der Waals surface area contributed by atoms with Crippen molar-refractivity contribution in [1.82, 2.24) is 0 Å². The number of hydrogen-bond acceptors (Lipinski definition) is 3. The zero-order chi connectivity index (χ0) is 11.1. The van der Waals surface area contributed by atoms with E-state index in [1.54, 1.807) is 14.2 Å². The van der Waals surface area contributed by atoms with Crippen LogP contribution in [-0.4, -0.2) is 20.8 Å². The van der Waals surface area contributed by atoms with Crippen LogP contribution < -0.4 is 9.47 Å². The van der Waals surface area contributed by atoms with Crippen LogP contribution in [-0.2, 0) is 10.3 Å². The molecular weight excluding hydrogens is 192 g/mol. The van der Waals surface area contributed by atoms with E-state index in [0.29, 0.717) is 0 Å². The molecule has 0 amide bonds. The van der Waals surface area contributed by atoms with Gasteiger partial charge in [-0.25, -0.2) is 0 Å². The van der Waals surface area contributed by atoms with Crippen LogP contribution in [0.5, 0.6) is 11.5 Å². The van der Waals surface area contributed by atoms with Gasteiger partial charge in [-0.2, -0.15) is 0 Å². The van der Waals surface area contributed by atoms with Crippen LogP contribution in [0.1, 0.15) is 18.1 Å². The molecule has 1 aromatic rings. The summed E-state index contributed by atoms with van der Waals surface area (Å²) in [7, 11) is 3.35. The molecule has 0 radical (unpaired) electrons. The molecule has 15 heavy (non-hydrogen) atoms. The van der Waals surface area contributed by atoms with Gasteiger partial charge < -0.3 is 14.2 Å². The molecule has 0 aromatic heterocycles. The standard InChI is InChI=1S/C12H16O3/c1-8-5-11(14-4)9(6-10(8)13-3)12(2)7-15-12/h5-6H,7H2,1-4H3. The van der Waals surface area contributed by atoms with Crippen LogP contribution in [0.3, 0.4) is 0 Å². The van der Waals surface area contributed by atoms with E-state index in [9.17, 15) is 0 Å². The predicted octanol–water partition coefficient (Wildman–Crippen LogP) is 2.26. The largest absolute Gasteiger partial charge is 0.496 e. The summed E-state index contributed by atoms with van der Waals surface area (Å²) in [5.74, 6) is 1.75. The van der Waals surface area contributed by atoms with Gasteiger partial charge in [0.15, 0.2) is 0 Å². The summed E-state index contributed by atoms with van der Waals surface area (Å²) in [6.07, 6.45) is 0. The van der Waals surface area contributed by atoms with Gasteiger partial charge in [0.25, 0.3) is 0 Å². The first kappa shape index (κ1) is 10.3. The third-order valence-electron chi connectivity index (χ3n) is 2.86. The molecule has 0 aliphatic carbocycles. The van der Waals surface area contributed by atoms with Crippen molar-refractivity contribution in [3.8, 4) is 11.5 Å². The van der Waals surface area contributed by atoms with E-state index in [2.05, 4.69) is 6.92 Å². The topological polar surface area (TPSA) is 31.0 Å². The minimum atomic E-state index is -0.188. The summed E-state index contributed by atoms with van der Waals surface area (Å²) in [5, 5.41) is 0. The predicted molar refractivity (Wildman–Crippen MR) is 57.6 cm³/mol. The van der Waals surface area contributed by atoms with Crippen LogP contribution >= 0.6 is 0 Å². The minimum absolute atomic E-state index is 0.188. The fourth-order valence-electron chi connectivity index (χ4n) is 1.73. The van der Waals surface area contributed by atoms with Gasteiger partial charge in [-0.15, -0.1) is 0 Å². The first-order valence-electron chi connectivity index (χ1n) is 4.98. The van der Waals surface area contributed by atoms with Crippen molar-refractivity contribution in [2.75, 3.05) is 20.8 Å². The van der Waals surface area contributed by atoms with Crippen LogP contribution in [0.2, 0.25) is 0 Å². The van der Waals surface area contributed by atoms with E-state index in [-0.39, 0.29) is 5.60 Å². The highest BCUT2D eigenvalue weighted by molar-refractivity contribution is 5.49. The molecule has 1 atom stereocenters. The fourth-order valence-corrected chi connectivity index (χ4v) is 1.73. The van der Waals surface area contributed by atoms with Crippen molar-refractivity contribution in [1.29, 1.82) is 0 Å². The van der Waals surface area contributed by atoms with Crippen LogP contribution in [0.25, 0.3) is 0 Å².